The maximum absolute atomic E-state index is 12.2. The molecule has 0 saturated heterocycles. The van der Waals surface area contributed by atoms with Crippen molar-refractivity contribution in [3.63, 3.8) is 0 Å². The first kappa shape index (κ1) is 40.3. The number of aliphatic hydroxyl groups excluding tert-OH is 1. The zero-order chi connectivity index (χ0) is 35.4. The molecule has 5 rings (SSSR count). The van der Waals surface area contributed by atoms with E-state index in [0.717, 1.165) is 42.3 Å². The van der Waals surface area contributed by atoms with Crippen molar-refractivity contribution in [2.24, 2.45) is 10.8 Å². The molecule has 0 aliphatic rings. The minimum absolute atomic E-state index is 0. The Labute approximate surface area is 312 Å². The molecule has 3 nitrogen and oxygen atoms in total. The third-order valence-corrected chi connectivity index (χ3v) is 11.9. The number of fused-ring (bicyclic) bond motifs is 2. The van der Waals surface area contributed by atoms with Crippen molar-refractivity contribution in [1.29, 1.82) is 0 Å². The molecule has 2 aromatic heterocycles. The molecule has 0 spiro atoms. The zero-order valence-electron chi connectivity index (χ0n) is 31.3. The standard InChI is InChI=1S/C29H26NS.C15H28O2.Ir/c1-18-19(2)31-28-11-10-20(15-25(18)28)21-12-13-30-27(17-21)23-14-22-8-6-7-9-24(22)26(16-23)29(3,4)5;1-7-14(5,8-2)12(16)11-13(17)15(6,9-3)10-4;/h6-13,15-17H,1-5H3;11,16H,7-10H2,1-6H3;/q-1;;/b;12-11-;. The molecule has 0 fully saturated rings. The van der Waals surface area contributed by atoms with Crippen LogP contribution in [-0.2, 0) is 30.3 Å². The predicted molar refractivity (Wildman–Crippen MR) is 208 cm³/mol. The van der Waals surface area contributed by atoms with Crippen LogP contribution in [0.2, 0.25) is 0 Å². The Morgan fingerprint density at radius 1 is 0.816 bits per heavy atom. The fourth-order valence-corrected chi connectivity index (χ4v) is 7.00. The Morgan fingerprint density at radius 2 is 1.43 bits per heavy atom. The van der Waals surface area contributed by atoms with E-state index in [0.29, 0.717) is 0 Å². The molecular formula is C44H54IrNO2S-. The van der Waals surface area contributed by atoms with Gasteiger partial charge in [-0.15, -0.1) is 40.5 Å². The Morgan fingerprint density at radius 3 is 2.04 bits per heavy atom. The summed E-state index contributed by atoms with van der Waals surface area (Å²) in [5.74, 6) is 0.286. The quantitative estimate of drug-likeness (QED) is 0.0913. The van der Waals surface area contributed by atoms with E-state index >= 15 is 0 Å². The second-order valence-corrected chi connectivity index (χ2v) is 16.0. The van der Waals surface area contributed by atoms with Crippen LogP contribution in [0.15, 0.2) is 78.7 Å². The van der Waals surface area contributed by atoms with Gasteiger partial charge in [0.05, 0.1) is 0 Å². The summed E-state index contributed by atoms with van der Waals surface area (Å²) in [6.45, 7) is 23.3. The average molecular weight is 853 g/mol. The molecule has 0 unspecified atom stereocenters. The van der Waals surface area contributed by atoms with Crippen LogP contribution >= 0.6 is 11.3 Å². The van der Waals surface area contributed by atoms with E-state index in [1.807, 2.05) is 59.1 Å². The normalized spacial score (nSPS) is 12.4. The van der Waals surface area contributed by atoms with Crippen LogP contribution in [-0.4, -0.2) is 15.9 Å². The zero-order valence-corrected chi connectivity index (χ0v) is 34.5. The largest absolute Gasteiger partial charge is 0.512 e. The van der Waals surface area contributed by atoms with Crippen molar-refractivity contribution in [3.8, 4) is 22.4 Å². The Balaban J connectivity index is 0.000000312. The first-order valence-corrected chi connectivity index (χ1v) is 18.3. The number of thiophene rings is 1. The van der Waals surface area contributed by atoms with Crippen LogP contribution in [0.4, 0.5) is 0 Å². The monoisotopic (exact) mass is 853 g/mol. The number of rotatable bonds is 9. The second-order valence-electron chi connectivity index (χ2n) is 14.7. The molecule has 1 radical (unpaired) electrons. The van der Waals surface area contributed by atoms with Crippen LogP contribution < -0.4 is 0 Å². The fourth-order valence-electron chi connectivity index (χ4n) is 5.95. The summed E-state index contributed by atoms with van der Waals surface area (Å²) in [4.78, 5) is 18.3. The predicted octanol–water partition coefficient (Wildman–Crippen LogP) is 13.1. The molecule has 0 amide bonds. The van der Waals surface area contributed by atoms with Gasteiger partial charge in [0.2, 0.25) is 0 Å². The molecule has 263 valence electrons. The summed E-state index contributed by atoms with van der Waals surface area (Å²) in [7, 11) is 0. The number of hydrogen-bond acceptors (Lipinski definition) is 4. The number of carbonyl (C=O) groups excluding carboxylic acids is 1. The SMILES string of the molecule is CCC(C)(CC)C(=O)/C=C(\O)C(C)(CC)CC.Cc1sc2ccc(-c3ccnc(-c4[c-]c5ccccc5c(C(C)(C)C)c4)c3)cc2c1C.[Ir]. The number of carbonyl (C=O) groups is 1. The summed E-state index contributed by atoms with van der Waals surface area (Å²) < 4.78 is 1.35. The number of aromatic nitrogens is 1. The topological polar surface area (TPSA) is 50.2 Å². The number of ketones is 1. The van der Waals surface area contributed by atoms with Crippen molar-refractivity contribution < 1.29 is 30.0 Å². The summed E-state index contributed by atoms with van der Waals surface area (Å²) in [5, 5.41) is 13.9. The van der Waals surface area contributed by atoms with Crippen molar-refractivity contribution in [2.75, 3.05) is 0 Å². The number of allylic oxidation sites excluding steroid dienone is 2. The van der Waals surface area contributed by atoms with Gasteiger partial charge in [0, 0.05) is 58.5 Å². The van der Waals surface area contributed by atoms with Crippen molar-refractivity contribution >= 4 is 38.0 Å². The maximum atomic E-state index is 12.2. The van der Waals surface area contributed by atoms with E-state index < -0.39 is 0 Å². The number of aliphatic hydroxyl groups is 1. The summed E-state index contributed by atoms with van der Waals surface area (Å²) in [5.41, 5.74) is 6.59. The van der Waals surface area contributed by atoms with Crippen molar-refractivity contribution in [1.82, 2.24) is 4.98 Å². The molecule has 49 heavy (non-hydrogen) atoms. The third kappa shape index (κ3) is 8.80. The van der Waals surface area contributed by atoms with E-state index in [9.17, 15) is 9.90 Å². The maximum Gasteiger partial charge on any atom is 0.164 e. The van der Waals surface area contributed by atoms with Crippen LogP contribution in [0.1, 0.15) is 104 Å². The van der Waals surface area contributed by atoms with E-state index in [1.54, 1.807) is 0 Å². The molecule has 0 bridgehead atoms. The fraction of sp³-hybridized carbons (Fsp3) is 0.409. The van der Waals surface area contributed by atoms with Gasteiger partial charge in [-0.05, 0) is 85.2 Å². The van der Waals surface area contributed by atoms with Gasteiger partial charge in [0.15, 0.2) is 5.78 Å². The van der Waals surface area contributed by atoms with Crippen LogP contribution in [0.5, 0.6) is 0 Å². The number of hydrogen-bond donors (Lipinski definition) is 1. The van der Waals surface area contributed by atoms with Crippen molar-refractivity contribution in [2.45, 2.75) is 107 Å². The van der Waals surface area contributed by atoms with Crippen LogP contribution in [0, 0.1) is 30.7 Å². The molecule has 0 aliphatic carbocycles. The molecule has 1 N–H and O–H groups in total. The summed E-state index contributed by atoms with van der Waals surface area (Å²) in [6, 6.07) is 25.5. The molecular weight excluding hydrogens is 799 g/mol. The molecule has 5 aromatic rings. The first-order valence-electron chi connectivity index (χ1n) is 17.5. The van der Waals surface area contributed by atoms with Gasteiger partial charge in [-0.3, -0.25) is 9.78 Å². The Hall–Kier alpha value is -3.11. The Bertz CT molecular complexity index is 1940. The van der Waals surface area contributed by atoms with Crippen LogP contribution in [0.3, 0.4) is 0 Å². The van der Waals surface area contributed by atoms with E-state index in [2.05, 4.69) is 101 Å². The smallest absolute Gasteiger partial charge is 0.164 e. The molecule has 5 heteroatoms. The van der Waals surface area contributed by atoms with E-state index in [4.69, 9.17) is 4.98 Å². The van der Waals surface area contributed by atoms with Gasteiger partial charge < -0.3 is 5.11 Å². The summed E-state index contributed by atoms with van der Waals surface area (Å²) in [6.07, 6.45) is 6.67. The molecule has 0 atom stereocenters. The van der Waals surface area contributed by atoms with Gasteiger partial charge in [-0.25, -0.2) is 0 Å². The Kier molecular flexibility index (Phi) is 13.4. The van der Waals surface area contributed by atoms with Crippen LogP contribution in [0.25, 0.3) is 43.2 Å². The molecule has 3 aromatic carbocycles. The molecule has 0 saturated carbocycles. The number of nitrogens with zero attached hydrogens (tertiary/aromatic N) is 1. The first-order chi connectivity index (χ1) is 22.6. The number of pyridine rings is 1. The third-order valence-electron chi connectivity index (χ3n) is 10.7. The molecule has 2 heterocycles. The van der Waals surface area contributed by atoms with E-state index in [-0.39, 0.29) is 47.9 Å². The van der Waals surface area contributed by atoms with E-state index in [1.165, 1.54) is 48.7 Å². The van der Waals surface area contributed by atoms with Crippen molar-refractivity contribution in [3.05, 3.63) is 101 Å². The number of aryl methyl sites for hydroxylation is 2. The number of benzene rings is 3. The average Bonchev–Trinajstić information content (AvgIpc) is 3.38. The second kappa shape index (κ2) is 16.3. The van der Waals surface area contributed by atoms with Gasteiger partial charge in [0.1, 0.15) is 5.76 Å². The van der Waals surface area contributed by atoms with Gasteiger partial charge >= 0.3 is 0 Å². The minimum atomic E-state index is -0.337. The minimum Gasteiger partial charge on any atom is -0.512 e. The van der Waals surface area contributed by atoms with Gasteiger partial charge in [-0.1, -0.05) is 104 Å². The van der Waals surface area contributed by atoms with Gasteiger partial charge in [-0.2, -0.15) is 0 Å². The summed E-state index contributed by atoms with van der Waals surface area (Å²) >= 11 is 1.87. The molecule has 0 aliphatic heterocycles. The van der Waals surface area contributed by atoms with Gasteiger partial charge in [0.25, 0.3) is 0 Å².